The van der Waals surface area contributed by atoms with Crippen LogP contribution in [0.15, 0.2) is 168 Å². The fourth-order valence-corrected chi connectivity index (χ4v) is 6.83. The summed E-state index contributed by atoms with van der Waals surface area (Å²) in [6.45, 7) is 0. The first kappa shape index (κ1) is 18.6. The maximum atomic E-state index is 9.78. The van der Waals surface area contributed by atoms with Gasteiger partial charge in [-0.05, 0) is 71.0 Å². The molecule has 0 radical (unpaired) electrons. The van der Waals surface area contributed by atoms with Crippen molar-refractivity contribution < 1.29 is 26.3 Å². The molecule has 54 heavy (non-hydrogen) atoms. The summed E-state index contributed by atoms with van der Waals surface area (Å²) >= 11 is 0. The van der Waals surface area contributed by atoms with Crippen LogP contribution in [0.25, 0.3) is 94.8 Å². The topological polar surface area (TPSA) is 56.7 Å². The van der Waals surface area contributed by atoms with Crippen molar-refractivity contribution in [2.24, 2.45) is 0 Å². The molecule has 3 aromatic heterocycles. The van der Waals surface area contributed by atoms with E-state index in [0.29, 0.717) is 11.1 Å². The first-order chi connectivity index (χ1) is 33.4. The number of aromatic nitrogens is 4. The van der Waals surface area contributed by atoms with Crippen LogP contribution >= 0.6 is 0 Å². The maximum Gasteiger partial charge on any atom is 0.164 e. The lowest BCUT2D eigenvalue weighted by atomic mass is 10.00. The predicted molar refractivity (Wildman–Crippen MR) is 220 cm³/mol. The van der Waals surface area contributed by atoms with Gasteiger partial charge in [-0.2, -0.15) is 0 Å². The first-order valence-corrected chi connectivity index (χ1v) is 17.0. The Morgan fingerprint density at radius 3 is 1.96 bits per heavy atom. The molecule has 11 rings (SSSR count). The minimum absolute atomic E-state index is 0.0505. The predicted octanol–water partition coefficient (Wildman–Crippen LogP) is 10.6. The SMILES string of the molecule is [2H]C1=c2oc3c([2H])c(-n4c5c([2H])c([2H])c([2H])c([2H])c5c5c([2H])c6c([2H])c([2H])c([2H])c([2H])c6c([2H])c54)c([2H])c([2H])c3c2=C(c2nc(-c3ccccc3)nc(-c3ccc(-c4ccccc4)cc3)n2)C([2H])C1[2H]. The fraction of sp³-hybridized carbons (Fsp3) is 0.0408. The lowest BCUT2D eigenvalue weighted by Crippen LogP contribution is -2.27. The Labute approximate surface area is 333 Å². The van der Waals surface area contributed by atoms with E-state index >= 15 is 0 Å². The molecule has 5 nitrogen and oxygen atoms in total. The van der Waals surface area contributed by atoms with E-state index in [1.807, 2.05) is 60.7 Å². The molecule has 2 unspecified atom stereocenters. The van der Waals surface area contributed by atoms with E-state index < -0.39 is 125 Å². The molecule has 0 bridgehead atoms. The van der Waals surface area contributed by atoms with E-state index in [1.165, 1.54) is 0 Å². The number of hydrogen-bond acceptors (Lipinski definition) is 4. The summed E-state index contributed by atoms with van der Waals surface area (Å²) in [5.41, 5.74) is 0.947. The molecule has 2 atom stereocenters. The lowest BCUT2D eigenvalue weighted by molar-refractivity contribution is 0.571. The van der Waals surface area contributed by atoms with Gasteiger partial charge in [0.1, 0.15) is 11.0 Å². The molecule has 3 heterocycles. The molecule has 0 spiro atoms. The van der Waals surface area contributed by atoms with E-state index in [1.54, 1.807) is 24.3 Å². The van der Waals surface area contributed by atoms with Gasteiger partial charge in [-0.1, -0.05) is 127 Å². The third-order valence-corrected chi connectivity index (χ3v) is 9.34. The summed E-state index contributed by atoms with van der Waals surface area (Å²) in [5, 5.41) is -1.77. The molecule has 5 heteroatoms. The van der Waals surface area contributed by atoms with Crippen LogP contribution in [0.2, 0.25) is 0 Å². The monoisotopic (exact) mass is 708 g/mol. The number of fused-ring (bicyclic) bond motifs is 7. The number of rotatable bonds is 5. The number of furan rings is 1. The van der Waals surface area contributed by atoms with Crippen molar-refractivity contribution in [3.63, 3.8) is 0 Å². The van der Waals surface area contributed by atoms with Gasteiger partial charge < -0.3 is 8.98 Å². The molecule has 1 aliphatic carbocycles. The van der Waals surface area contributed by atoms with Crippen LogP contribution in [-0.4, -0.2) is 19.5 Å². The number of hydrogen-bond donors (Lipinski definition) is 0. The van der Waals surface area contributed by atoms with Gasteiger partial charge >= 0.3 is 0 Å². The van der Waals surface area contributed by atoms with E-state index in [0.717, 1.165) is 15.7 Å². The zero-order valence-corrected chi connectivity index (χ0v) is 27.9. The molecular formula is C49H32N4O. The second-order valence-corrected chi connectivity index (χ2v) is 12.5. The number of benzene rings is 7. The van der Waals surface area contributed by atoms with Gasteiger partial charge in [0.2, 0.25) is 0 Å². The van der Waals surface area contributed by atoms with Gasteiger partial charge in [0.05, 0.1) is 30.2 Å². The fourth-order valence-electron chi connectivity index (χ4n) is 6.83. The molecule has 0 amide bonds. The molecule has 0 saturated carbocycles. The molecule has 0 aliphatic heterocycles. The number of para-hydroxylation sites is 1. The van der Waals surface area contributed by atoms with Gasteiger partial charge in [0.25, 0.3) is 0 Å². The van der Waals surface area contributed by atoms with Crippen LogP contribution < -0.4 is 10.6 Å². The highest BCUT2D eigenvalue weighted by Crippen LogP contribution is 2.36. The second-order valence-electron chi connectivity index (χ2n) is 12.5. The summed E-state index contributed by atoms with van der Waals surface area (Å²) in [6, 6.07) is 16.8. The highest BCUT2D eigenvalue weighted by Gasteiger charge is 2.20. The van der Waals surface area contributed by atoms with Crippen LogP contribution in [0.5, 0.6) is 0 Å². The Bertz CT molecular complexity index is 4090. The highest BCUT2D eigenvalue weighted by atomic mass is 16.3. The molecule has 0 saturated heterocycles. The molecule has 254 valence electrons. The van der Waals surface area contributed by atoms with Crippen molar-refractivity contribution in [1.29, 1.82) is 0 Å². The van der Waals surface area contributed by atoms with Gasteiger partial charge in [-0.15, -0.1) is 0 Å². The van der Waals surface area contributed by atoms with Crippen LogP contribution in [0.3, 0.4) is 0 Å². The van der Waals surface area contributed by atoms with Gasteiger partial charge in [0, 0.05) is 52.5 Å². The second kappa shape index (κ2) is 12.2. The van der Waals surface area contributed by atoms with Gasteiger partial charge in [-0.3, -0.25) is 0 Å². The van der Waals surface area contributed by atoms with Crippen molar-refractivity contribution >= 4 is 55.2 Å². The van der Waals surface area contributed by atoms with Crippen LogP contribution in [0.4, 0.5) is 0 Å². The van der Waals surface area contributed by atoms with E-state index in [-0.39, 0.29) is 55.2 Å². The zero-order valence-electron chi connectivity index (χ0n) is 43.9. The highest BCUT2D eigenvalue weighted by molar-refractivity contribution is 6.13. The minimum atomic E-state index is -1.60. The third kappa shape index (κ3) is 4.97. The van der Waals surface area contributed by atoms with Crippen molar-refractivity contribution in [2.75, 3.05) is 0 Å². The van der Waals surface area contributed by atoms with Crippen molar-refractivity contribution in [1.82, 2.24) is 19.5 Å². The molecule has 7 aromatic carbocycles. The number of nitrogens with zero attached hydrogens (tertiary/aromatic N) is 4. The van der Waals surface area contributed by atoms with Crippen molar-refractivity contribution in [3.8, 4) is 39.6 Å². The van der Waals surface area contributed by atoms with Crippen LogP contribution in [0, 0.1) is 0 Å². The van der Waals surface area contributed by atoms with Gasteiger partial charge in [-0.25, -0.2) is 15.0 Å². The summed E-state index contributed by atoms with van der Waals surface area (Å²) in [5.74, 6) is 0.305. The Morgan fingerprint density at radius 2 is 1.19 bits per heavy atom. The zero-order chi connectivity index (χ0) is 49.5. The van der Waals surface area contributed by atoms with E-state index in [2.05, 4.69) is 0 Å². The first-order valence-electron chi connectivity index (χ1n) is 25.1. The third-order valence-electron chi connectivity index (χ3n) is 9.34. The van der Waals surface area contributed by atoms with Crippen LogP contribution in [0.1, 0.15) is 40.6 Å². The molecular weight excluding hydrogens is 661 g/mol. The standard InChI is InChI=1S/C49H32N4O/c1-3-12-31(13-4-1)32-22-24-34(25-23-32)48-50-47(33-14-5-2-6-15-33)51-49(52-48)40-19-11-21-44-46(40)39-27-26-37(30-45(39)54-44)53-42-20-10-9-18-38(42)41-28-35-16-7-8-17-36(35)29-43(41)53/h1-10,12-18,20-30H,11,19H2/i7D,8D,9D,10D,11D,16D,17D,18D,19D,20D,21D,26D,27D,28D,29D,30D. The average Bonchev–Trinajstić information content (AvgIpc) is 3.95. The Morgan fingerprint density at radius 1 is 0.556 bits per heavy atom. The largest absolute Gasteiger partial charge is 0.456 e. The summed E-state index contributed by atoms with van der Waals surface area (Å²) in [7, 11) is 0. The molecule has 1 aliphatic rings. The Balaban J connectivity index is 1.26. The van der Waals surface area contributed by atoms with E-state index in [4.69, 9.17) is 33.1 Å². The summed E-state index contributed by atoms with van der Waals surface area (Å²) in [4.78, 5) is 14.5. The lowest BCUT2D eigenvalue weighted by Gasteiger charge is -2.12. The average molecular weight is 709 g/mol. The normalized spacial score (nSPS) is 19.9. The quantitative estimate of drug-likeness (QED) is 0.179. The Hall–Kier alpha value is -7.11. The van der Waals surface area contributed by atoms with E-state index in [9.17, 15) is 8.22 Å². The van der Waals surface area contributed by atoms with Gasteiger partial charge in [0.15, 0.2) is 17.5 Å². The summed E-state index contributed by atoms with van der Waals surface area (Å²) < 4.78 is 153. The minimum Gasteiger partial charge on any atom is -0.456 e. The van der Waals surface area contributed by atoms with Crippen LogP contribution in [-0.2, 0) is 0 Å². The maximum absolute atomic E-state index is 9.78. The Kier molecular flexibility index (Phi) is 4.22. The van der Waals surface area contributed by atoms with Crippen molar-refractivity contribution in [2.45, 2.75) is 12.8 Å². The summed E-state index contributed by atoms with van der Waals surface area (Å²) in [6.07, 6.45) is -3.17. The molecule has 0 N–H and O–H groups in total. The smallest absolute Gasteiger partial charge is 0.164 e. The molecule has 10 aromatic rings. The molecule has 0 fully saturated rings. The van der Waals surface area contributed by atoms with Crippen molar-refractivity contribution in [3.05, 3.63) is 180 Å².